The molecule has 1 aliphatic rings. The molecular formula is C25H35N3O6S. The number of benzene rings is 2. The van der Waals surface area contributed by atoms with Gasteiger partial charge in [0.15, 0.2) is 0 Å². The maximum absolute atomic E-state index is 13.4. The molecule has 3 atom stereocenters. The highest BCUT2D eigenvalue weighted by Gasteiger charge is 2.33. The Kier molecular flexibility index (Phi) is 8.63. The fraction of sp³-hybridized carbons (Fsp3) is 0.480. The van der Waals surface area contributed by atoms with Crippen molar-refractivity contribution in [3.8, 4) is 11.5 Å². The Balaban J connectivity index is 1.88. The third kappa shape index (κ3) is 7.09. The van der Waals surface area contributed by atoms with Crippen molar-refractivity contribution in [1.29, 1.82) is 0 Å². The van der Waals surface area contributed by atoms with Crippen molar-refractivity contribution in [3.63, 3.8) is 0 Å². The van der Waals surface area contributed by atoms with Crippen molar-refractivity contribution in [2.45, 2.75) is 32.5 Å². The first kappa shape index (κ1) is 26.8. The lowest BCUT2D eigenvalue weighted by Gasteiger charge is -2.38. The fourth-order valence-corrected chi connectivity index (χ4v) is 4.69. The Morgan fingerprint density at radius 1 is 1.26 bits per heavy atom. The summed E-state index contributed by atoms with van der Waals surface area (Å²) in [7, 11) is 0.137. The SMILES string of the molecule is COc1ccc(CN(C)C[C@@H]2Oc3ccc(NS(C)(=O)=O)cc3C(=O)N([C@@H](C)CO)C[C@H]2C)cc1. The van der Waals surface area contributed by atoms with E-state index < -0.39 is 16.1 Å². The molecule has 35 heavy (non-hydrogen) atoms. The molecule has 2 aromatic carbocycles. The number of rotatable bonds is 9. The molecule has 0 spiro atoms. The number of aliphatic hydroxyl groups is 1. The van der Waals surface area contributed by atoms with Gasteiger partial charge in [-0.1, -0.05) is 19.1 Å². The molecule has 0 aromatic heterocycles. The van der Waals surface area contributed by atoms with Gasteiger partial charge >= 0.3 is 0 Å². The molecule has 3 rings (SSSR count). The van der Waals surface area contributed by atoms with E-state index in [9.17, 15) is 18.3 Å². The zero-order valence-corrected chi connectivity index (χ0v) is 21.7. The number of nitrogens with one attached hydrogen (secondary N) is 1. The summed E-state index contributed by atoms with van der Waals surface area (Å²) < 4.78 is 37.4. The highest BCUT2D eigenvalue weighted by Crippen LogP contribution is 2.31. The van der Waals surface area contributed by atoms with E-state index in [4.69, 9.17) is 9.47 Å². The zero-order valence-electron chi connectivity index (χ0n) is 20.9. The molecule has 0 fully saturated rings. The highest BCUT2D eigenvalue weighted by molar-refractivity contribution is 7.92. The van der Waals surface area contributed by atoms with Crippen LogP contribution in [0.2, 0.25) is 0 Å². The quantitative estimate of drug-likeness (QED) is 0.539. The summed E-state index contributed by atoms with van der Waals surface area (Å²) in [6.45, 7) is 5.33. The van der Waals surface area contributed by atoms with Crippen molar-refractivity contribution in [2.75, 3.05) is 44.8 Å². The first-order valence-electron chi connectivity index (χ1n) is 11.5. The van der Waals surface area contributed by atoms with Gasteiger partial charge < -0.3 is 19.5 Å². The molecule has 1 amide bonds. The number of hydrogen-bond acceptors (Lipinski definition) is 7. The van der Waals surface area contributed by atoms with Crippen LogP contribution in [0.25, 0.3) is 0 Å². The van der Waals surface area contributed by atoms with E-state index in [1.54, 1.807) is 31.1 Å². The molecule has 2 N–H and O–H groups in total. The molecule has 10 heteroatoms. The molecular weight excluding hydrogens is 470 g/mol. The minimum atomic E-state index is -3.51. The van der Waals surface area contributed by atoms with Crippen molar-refractivity contribution in [2.24, 2.45) is 5.92 Å². The lowest BCUT2D eigenvalue weighted by atomic mass is 9.99. The number of likely N-dealkylation sites (N-methyl/N-ethyl adjacent to an activating group) is 1. The van der Waals surface area contributed by atoms with E-state index >= 15 is 0 Å². The number of aliphatic hydroxyl groups excluding tert-OH is 1. The lowest BCUT2D eigenvalue weighted by molar-refractivity contribution is 0.0341. The number of ether oxygens (including phenoxy) is 2. The summed E-state index contributed by atoms with van der Waals surface area (Å²) in [6, 6.07) is 12.2. The van der Waals surface area contributed by atoms with Crippen LogP contribution in [0.4, 0.5) is 5.69 Å². The Morgan fingerprint density at radius 2 is 1.94 bits per heavy atom. The van der Waals surface area contributed by atoms with Crippen molar-refractivity contribution < 1.29 is 27.8 Å². The molecule has 0 bridgehead atoms. The zero-order chi connectivity index (χ0) is 25.8. The minimum absolute atomic E-state index is 0.0201. The van der Waals surface area contributed by atoms with Crippen LogP contribution in [0.3, 0.4) is 0 Å². The number of carbonyl (C=O) groups excluding carboxylic acids is 1. The topological polar surface area (TPSA) is 108 Å². The average molecular weight is 506 g/mol. The van der Waals surface area contributed by atoms with Crippen LogP contribution < -0.4 is 14.2 Å². The minimum Gasteiger partial charge on any atom is -0.497 e. The predicted molar refractivity (Wildman–Crippen MR) is 135 cm³/mol. The Hall–Kier alpha value is -2.82. The molecule has 192 valence electrons. The number of sulfonamides is 1. The van der Waals surface area contributed by atoms with E-state index in [1.165, 1.54) is 6.07 Å². The first-order valence-corrected chi connectivity index (χ1v) is 13.4. The molecule has 2 aromatic rings. The molecule has 0 aliphatic carbocycles. The lowest BCUT2D eigenvalue weighted by Crippen LogP contribution is -2.49. The summed E-state index contributed by atoms with van der Waals surface area (Å²) in [5, 5.41) is 9.79. The summed E-state index contributed by atoms with van der Waals surface area (Å²) in [5.74, 6) is 0.861. The van der Waals surface area contributed by atoms with Crippen LogP contribution in [0.1, 0.15) is 29.8 Å². The molecule has 1 aliphatic heterocycles. The van der Waals surface area contributed by atoms with Crippen LogP contribution >= 0.6 is 0 Å². The van der Waals surface area contributed by atoms with Gasteiger partial charge in [0.05, 0.1) is 31.6 Å². The maximum Gasteiger partial charge on any atom is 0.258 e. The van der Waals surface area contributed by atoms with Crippen LogP contribution in [0.5, 0.6) is 11.5 Å². The van der Waals surface area contributed by atoms with E-state index in [2.05, 4.69) is 9.62 Å². The average Bonchev–Trinajstić information content (AvgIpc) is 2.80. The largest absolute Gasteiger partial charge is 0.497 e. The molecule has 9 nitrogen and oxygen atoms in total. The number of anilines is 1. The number of hydrogen-bond donors (Lipinski definition) is 2. The van der Waals surface area contributed by atoms with Gasteiger partial charge in [0, 0.05) is 31.2 Å². The summed E-state index contributed by atoms with van der Waals surface area (Å²) in [5.41, 5.74) is 1.67. The smallest absolute Gasteiger partial charge is 0.258 e. The number of amides is 1. The number of fused-ring (bicyclic) bond motifs is 1. The van der Waals surface area contributed by atoms with Crippen molar-refractivity contribution in [3.05, 3.63) is 53.6 Å². The van der Waals surface area contributed by atoms with E-state index in [-0.39, 0.29) is 35.8 Å². The molecule has 1 heterocycles. The van der Waals surface area contributed by atoms with Crippen LogP contribution in [-0.2, 0) is 16.6 Å². The Morgan fingerprint density at radius 3 is 2.54 bits per heavy atom. The summed E-state index contributed by atoms with van der Waals surface area (Å²) in [4.78, 5) is 17.2. The van der Waals surface area contributed by atoms with Crippen LogP contribution in [-0.4, -0.2) is 81.5 Å². The van der Waals surface area contributed by atoms with Crippen LogP contribution in [0.15, 0.2) is 42.5 Å². The first-order chi connectivity index (χ1) is 16.5. The second-order valence-electron chi connectivity index (χ2n) is 9.25. The highest BCUT2D eigenvalue weighted by atomic mass is 32.2. The van der Waals surface area contributed by atoms with E-state index in [0.717, 1.165) is 17.6 Å². The van der Waals surface area contributed by atoms with Gasteiger partial charge in [-0.15, -0.1) is 0 Å². The fourth-order valence-electron chi connectivity index (χ4n) is 4.13. The van der Waals surface area contributed by atoms with E-state index in [1.807, 2.05) is 38.2 Å². The van der Waals surface area contributed by atoms with Gasteiger partial charge in [0.1, 0.15) is 17.6 Å². The van der Waals surface area contributed by atoms with Gasteiger partial charge in [0.25, 0.3) is 5.91 Å². The predicted octanol–water partition coefficient (Wildman–Crippen LogP) is 2.42. The molecule has 0 radical (unpaired) electrons. The summed E-state index contributed by atoms with van der Waals surface area (Å²) >= 11 is 0. The third-order valence-electron chi connectivity index (χ3n) is 6.07. The Labute approximate surface area is 207 Å². The normalized spacial score (nSPS) is 19.4. The molecule has 0 saturated carbocycles. The summed E-state index contributed by atoms with van der Waals surface area (Å²) in [6.07, 6.45) is 0.811. The van der Waals surface area contributed by atoms with Gasteiger partial charge in [-0.2, -0.15) is 0 Å². The van der Waals surface area contributed by atoms with Gasteiger partial charge in [-0.05, 0) is 49.9 Å². The second-order valence-corrected chi connectivity index (χ2v) is 11.0. The van der Waals surface area contributed by atoms with Crippen molar-refractivity contribution in [1.82, 2.24) is 9.80 Å². The third-order valence-corrected chi connectivity index (χ3v) is 6.68. The monoisotopic (exact) mass is 505 g/mol. The number of nitrogens with zero attached hydrogens (tertiary/aromatic N) is 2. The number of carbonyl (C=O) groups is 1. The van der Waals surface area contributed by atoms with Gasteiger partial charge in [-0.25, -0.2) is 8.42 Å². The van der Waals surface area contributed by atoms with Gasteiger partial charge in [-0.3, -0.25) is 14.4 Å². The molecule has 0 saturated heterocycles. The molecule has 0 unspecified atom stereocenters. The standard InChI is InChI=1S/C25H35N3O6S/c1-17-13-28(18(2)16-29)25(30)22-12-20(26-35(5,31)32)8-11-23(22)34-24(17)15-27(3)14-19-6-9-21(33-4)10-7-19/h6-12,17-18,24,26,29H,13-16H2,1-5H3/t17-,18+,24+/m1/s1. The van der Waals surface area contributed by atoms with Crippen LogP contribution in [0, 0.1) is 5.92 Å². The Bertz CT molecular complexity index is 1120. The van der Waals surface area contributed by atoms with E-state index in [0.29, 0.717) is 25.4 Å². The van der Waals surface area contributed by atoms with Crippen molar-refractivity contribution >= 4 is 21.6 Å². The van der Waals surface area contributed by atoms with Gasteiger partial charge in [0.2, 0.25) is 10.0 Å². The maximum atomic E-state index is 13.4. The second kappa shape index (κ2) is 11.3. The number of methoxy groups -OCH3 is 1.